The second-order valence-corrected chi connectivity index (χ2v) is 6.01. The van der Waals surface area contributed by atoms with Gasteiger partial charge in [-0.3, -0.25) is 4.99 Å². The second kappa shape index (κ2) is 6.66. The molecule has 0 aliphatic heterocycles. The van der Waals surface area contributed by atoms with Gasteiger partial charge in [-0.15, -0.1) is 0 Å². The first-order valence-electron chi connectivity index (χ1n) is 6.86. The summed E-state index contributed by atoms with van der Waals surface area (Å²) in [6.07, 6.45) is 1.45. The highest BCUT2D eigenvalue weighted by atomic mass is 19.1. The summed E-state index contributed by atoms with van der Waals surface area (Å²) in [6.45, 7) is 6.74. The number of nitrogens with two attached hydrogens (primary N) is 1. The van der Waals surface area contributed by atoms with Gasteiger partial charge in [0.15, 0.2) is 11.6 Å². The lowest BCUT2D eigenvalue weighted by molar-refractivity contribution is -0.0893. The van der Waals surface area contributed by atoms with Gasteiger partial charge in [0.1, 0.15) is 0 Å². The highest BCUT2D eigenvalue weighted by molar-refractivity contribution is 6.48. The van der Waals surface area contributed by atoms with Gasteiger partial charge >= 0.3 is 7.48 Å². The third-order valence-corrected chi connectivity index (χ3v) is 3.75. The van der Waals surface area contributed by atoms with E-state index in [1.54, 1.807) is 40.8 Å². The summed E-state index contributed by atoms with van der Waals surface area (Å²) in [6, 6.07) is 1.62. The van der Waals surface area contributed by atoms with Crippen molar-refractivity contribution in [1.82, 2.24) is 0 Å². The molecule has 0 atom stereocenters. The quantitative estimate of drug-likeness (QED) is 0.471. The fourth-order valence-corrected chi connectivity index (χ4v) is 1.58. The van der Waals surface area contributed by atoms with Gasteiger partial charge in [-0.2, -0.15) is 0 Å². The lowest BCUT2D eigenvalue weighted by Crippen LogP contribution is -2.49. The zero-order valence-electron chi connectivity index (χ0n) is 13.9. The third kappa shape index (κ3) is 3.78. The van der Waals surface area contributed by atoms with E-state index < -0.39 is 17.0 Å². The fraction of sp³-hybridized carbons (Fsp3) is 0.533. The average molecular weight is 309 g/mol. The van der Waals surface area contributed by atoms with Crippen molar-refractivity contribution in [1.29, 1.82) is 0 Å². The average Bonchev–Trinajstić information content (AvgIpc) is 2.41. The number of nitrogens with zero attached hydrogens (tertiary/aromatic N) is 1. The Morgan fingerprint density at radius 2 is 1.95 bits per heavy atom. The van der Waals surface area contributed by atoms with Gasteiger partial charge in [0.25, 0.3) is 0 Å². The first-order chi connectivity index (χ1) is 10.0. The van der Waals surface area contributed by atoms with Crippen LogP contribution < -0.4 is 15.9 Å². The van der Waals surface area contributed by atoms with E-state index in [2.05, 4.69) is 4.99 Å². The highest BCUT2D eigenvalue weighted by Crippen LogP contribution is 2.26. The minimum atomic E-state index is -1.09. The van der Waals surface area contributed by atoms with Crippen LogP contribution in [0.3, 0.4) is 0 Å². The van der Waals surface area contributed by atoms with Crippen LogP contribution in [0.1, 0.15) is 33.3 Å². The summed E-state index contributed by atoms with van der Waals surface area (Å²) >= 11 is 0. The number of anilines is 1. The van der Waals surface area contributed by atoms with E-state index in [4.69, 9.17) is 15.1 Å². The van der Waals surface area contributed by atoms with Crippen molar-refractivity contribution < 1.29 is 18.9 Å². The molecule has 22 heavy (non-hydrogen) atoms. The number of nitrogen functional groups attached to an aromatic ring is 1. The molecule has 7 heteroatoms. The maximum Gasteiger partial charge on any atom is 0.334 e. The monoisotopic (exact) mass is 309 g/mol. The van der Waals surface area contributed by atoms with Crippen molar-refractivity contribution in [3.8, 4) is 5.75 Å². The predicted octanol–water partition coefficient (Wildman–Crippen LogP) is 1.28. The van der Waals surface area contributed by atoms with Crippen LogP contribution >= 0.6 is 0 Å². The number of methoxy groups -OCH3 is 1. The molecule has 0 fully saturated rings. The first-order valence-corrected chi connectivity index (χ1v) is 6.86. The van der Waals surface area contributed by atoms with E-state index in [-0.39, 0.29) is 11.4 Å². The standard InChI is InChI=1S/C15H23BFN2O3/c1-14(2,20)15(3,4)22-16-10-7-9(8-19-5)12(18)11(17)13(10)21-6/h7-8,20H,18H2,1-6H3. The molecule has 121 valence electrons. The lowest BCUT2D eigenvalue weighted by Gasteiger charge is -2.37. The molecule has 3 N–H and O–H groups in total. The molecule has 0 spiro atoms. The summed E-state index contributed by atoms with van der Waals surface area (Å²) in [5.41, 5.74) is 4.52. The largest absolute Gasteiger partial charge is 0.494 e. The van der Waals surface area contributed by atoms with Crippen LogP contribution in [0.5, 0.6) is 5.75 Å². The first kappa shape index (κ1) is 18.5. The number of hydrogen-bond acceptors (Lipinski definition) is 5. The fourth-order valence-electron chi connectivity index (χ4n) is 1.58. The maximum absolute atomic E-state index is 14.3. The van der Waals surface area contributed by atoms with Gasteiger partial charge < -0.3 is 20.2 Å². The van der Waals surface area contributed by atoms with Crippen LogP contribution in [0.2, 0.25) is 0 Å². The normalized spacial score (nSPS) is 12.7. The van der Waals surface area contributed by atoms with E-state index in [9.17, 15) is 9.50 Å². The number of aliphatic imine (C=N–C) groups is 1. The Morgan fingerprint density at radius 1 is 1.36 bits per heavy atom. The van der Waals surface area contributed by atoms with Gasteiger partial charge in [-0.25, -0.2) is 4.39 Å². The highest BCUT2D eigenvalue weighted by Gasteiger charge is 2.36. The molecule has 0 heterocycles. The van der Waals surface area contributed by atoms with E-state index in [1.165, 1.54) is 20.8 Å². The van der Waals surface area contributed by atoms with Gasteiger partial charge in [0, 0.05) is 18.8 Å². The van der Waals surface area contributed by atoms with Crippen LogP contribution in [-0.2, 0) is 4.65 Å². The summed E-state index contributed by atoms with van der Waals surface area (Å²) < 4.78 is 25.0. The molecular formula is C15H23BFN2O3. The number of hydrogen-bond donors (Lipinski definition) is 2. The van der Waals surface area contributed by atoms with Crippen molar-refractivity contribution in [2.24, 2.45) is 4.99 Å². The molecule has 1 radical (unpaired) electrons. The zero-order valence-corrected chi connectivity index (χ0v) is 13.9. The molecule has 5 nitrogen and oxygen atoms in total. The molecule has 0 saturated heterocycles. The van der Waals surface area contributed by atoms with Crippen LogP contribution in [0, 0.1) is 5.82 Å². The smallest absolute Gasteiger partial charge is 0.334 e. The van der Waals surface area contributed by atoms with Crippen molar-refractivity contribution in [3.05, 3.63) is 17.4 Å². The minimum absolute atomic E-state index is 0.0164. The topological polar surface area (TPSA) is 77.1 Å². The van der Waals surface area contributed by atoms with Gasteiger partial charge in [0.05, 0.1) is 24.0 Å². The van der Waals surface area contributed by atoms with E-state index in [0.717, 1.165) is 0 Å². The molecule has 1 rings (SSSR count). The number of rotatable bonds is 6. The Hall–Kier alpha value is -1.60. The van der Waals surface area contributed by atoms with Crippen LogP contribution in [0.4, 0.5) is 10.1 Å². The van der Waals surface area contributed by atoms with Crippen molar-refractivity contribution >= 4 is 24.8 Å². The molecule has 0 saturated carbocycles. The summed E-state index contributed by atoms with van der Waals surface area (Å²) in [5.74, 6) is -0.687. The SMILES string of the molecule is CN=Cc1cc([B]OC(C)(C)C(C)(C)O)c(OC)c(F)c1N. The predicted molar refractivity (Wildman–Crippen MR) is 87.7 cm³/mol. The molecule has 0 aliphatic carbocycles. The van der Waals surface area contributed by atoms with E-state index in [0.29, 0.717) is 11.0 Å². The second-order valence-electron chi connectivity index (χ2n) is 6.01. The number of ether oxygens (including phenoxy) is 1. The summed E-state index contributed by atoms with van der Waals surface area (Å²) in [7, 11) is 4.27. The number of benzene rings is 1. The number of aliphatic hydroxyl groups is 1. The Kier molecular flexibility index (Phi) is 5.59. The maximum atomic E-state index is 14.3. The molecule has 0 amide bonds. The Morgan fingerprint density at radius 3 is 2.41 bits per heavy atom. The molecular weight excluding hydrogens is 286 g/mol. The summed E-state index contributed by atoms with van der Waals surface area (Å²) in [5, 5.41) is 10.1. The molecule has 1 aromatic carbocycles. The Balaban J connectivity index is 3.19. The van der Waals surface area contributed by atoms with E-state index >= 15 is 0 Å². The minimum Gasteiger partial charge on any atom is -0.494 e. The Labute approximate surface area is 131 Å². The van der Waals surface area contributed by atoms with Crippen molar-refractivity contribution in [3.63, 3.8) is 0 Å². The van der Waals surface area contributed by atoms with E-state index in [1.807, 2.05) is 0 Å². The molecule has 0 aromatic heterocycles. The van der Waals surface area contributed by atoms with Crippen LogP contribution in [0.25, 0.3) is 0 Å². The van der Waals surface area contributed by atoms with Gasteiger partial charge in [-0.1, -0.05) is 6.07 Å². The third-order valence-electron chi connectivity index (χ3n) is 3.75. The lowest BCUT2D eigenvalue weighted by atomic mass is 9.81. The molecule has 0 unspecified atom stereocenters. The zero-order chi connectivity index (χ0) is 17.1. The van der Waals surface area contributed by atoms with Gasteiger partial charge in [0.2, 0.25) is 0 Å². The molecule has 1 aromatic rings. The van der Waals surface area contributed by atoms with Crippen LogP contribution in [-0.4, -0.2) is 44.2 Å². The van der Waals surface area contributed by atoms with Crippen molar-refractivity contribution in [2.75, 3.05) is 19.9 Å². The summed E-state index contributed by atoms with van der Waals surface area (Å²) in [4.78, 5) is 3.85. The number of halogens is 1. The van der Waals surface area contributed by atoms with Crippen molar-refractivity contribution in [2.45, 2.75) is 38.9 Å². The molecule has 0 bridgehead atoms. The molecule has 0 aliphatic rings. The van der Waals surface area contributed by atoms with Crippen LogP contribution in [0.15, 0.2) is 11.1 Å². The van der Waals surface area contributed by atoms with Gasteiger partial charge in [-0.05, 0) is 33.2 Å². The Bertz CT molecular complexity index is 569.